The van der Waals surface area contributed by atoms with Crippen molar-refractivity contribution in [1.82, 2.24) is 0 Å². The Morgan fingerprint density at radius 1 is 1.00 bits per heavy atom. The van der Waals surface area contributed by atoms with Crippen LogP contribution in [0.4, 0.5) is 0 Å². The quantitative estimate of drug-likeness (QED) is 0.588. The number of hydrogen-bond acceptors (Lipinski definition) is 0. The largest absolute Gasteiger partial charge is 0.0683 e. The molecule has 0 radical (unpaired) electrons. The van der Waals surface area contributed by atoms with E-state index in [1.807, 2.05) is 0 Å². The van der Waals surface area contributed by atoms with Gasteiger partial charge < -0.3 is 0 Å². The molecule has 2 aliphatic carbocycles. The fourth-order valence-corrected chi connectivity index (χ4v) is 4.73. The molecule has 0 saturated heterocycles. The Morgan fingerprint density at radius 2 is 1.75 bits per heavy atom. The molecule has 0 nitrogen and oxygen atoms in total. The maximum atomic E-state index is 2.48. The van der Waals surface area contributed by atoms with Gasteiger partial charge in [-0.3, -0.25) is 0 Å². The summed E-state index contributed by atoms with van der Waals surface area (Å²) in [4.78, 5) is 0. The Kier molecular flexibility index (Phi) is 3.49. The SMILES string of the molecule is CC1=Cc2cc3c(c(-c4ccccc4C(C)C)c2C1)CC(C)(C)C3. The summed E-state index contributed by atoms with van der Waals surface area (Å²) >= 11 is 0. The maximum Gasteiger partial charge on any atom is -0.00543 e. The molecule has 0 aliphatic heterocycles. The zero-order valence-electron chi connectivity index (χ0n) is 15.7. The van der Waals surface area contributed by atoms with E-state index in [1.54, 1.807) is 22.3 Å². The van der Waals surface area contributed by atoms with Crippen molar-refractivity contribution in [3.63, 3.8) is 0 Å². The van der Waals surface area contributed by atoms with Crippen LogP contribution in [0.2, 0.25) is 0 Å². The molecule has 24 heavy (non-hydrogen) atoms. The summed E-state index contributed by atoms with van der Waals surface area (Å²) in [5.41, 5.74) is 12.6. The van der Waals surface area contributed by atoms with Crippen molar-refractivity contribution in [2.45, 2.75) is 59.8 Å². The van der Waals surface area contributed by atoms with Crippen LogP contribution in [0.5, 0.6) is 0 Å². The summed E-state index contributed by atoms with van der Waals surface area (Å²) in [7, 11) is 0. The smallest absolute Gasteiger partial charge is 0.00543 e. The molecule has 4 rings (SSSR count). The first-order valence-electron chi connectivity index (χ1n) is 9.30. The van der Waals surface area contributed by atoms with Gasteiger partial charge in [-0.05, 0) is 76.5 Å². The molecule has 2 aliphatic rings. The van der Waals surface area contributed by atoms with Crippen LogP contribution in [0.3, 0.4) is 0 Å². The topological polar surface area (TPSA) is 0 Å². The second-order valence-electron chi connectivity index (χ2n) is 8.88. The van der Waals surface area contributed by atoms with Gasteiger partial charge in [-0.2, -0.15) is 0 Å². The fraction of sp³-hybridized carbons (Fsp3) is 0.417. The van der Waals surface area contributed by atoms with Crippen LogP contribution in [0.15, 0.2) is 35.9 Å². The van der Waals surface area contributed by atoms with Crippen LogP contribution in [-0.2, 0) is 19.3 Å². The number of benzene rings is 2. The molecule has 0 N–H and O–H groups in total. The van der Waals surface area contributed by atoms with E-state index in [-0.39, 0.29) is 0 Å². The van der Waals surface area contributed by atoms with Gasteiger partial charge in [0.15, 0.2) is 0 Å². The van der Waals surface area contributed by atoms with E-state index >= 15 is 0 Å². The summed E-state index contributed by atoms with van der Waals surface area (Å²) < 4.78 is 0. The lowest BCUT2D eigenvalue weighted by Crippen LogP contribution is -2.10. The molecule has 0 atom stereocenters. The maximum absolute atomic E-state index is 2.48. The molecular weight excluding hydrogens is 288 g/mol. The van der Waals surface area contributed by atoms with Crippen LogP contribution in [0.25, 0.3) is 17.2 Å². The van der Waals surface area contributed by atoms with Gasteiger partial charge in [0.05, 0.1) is 0 Å². The van der Waals surface area contributed by atoms with E-state index in [0.717, 1.165) is 6.42 Å². The highest BCUT2D eigenvalue weighted by molar-refractivity contribution is 5.83. The van der Waals surface area contributed by atoms with Gasteiger partial charge in [-0.1, -0.05) is 69.7 Å². The average Bonchev–Trinajstić information content (AvgIpc) is 3.01. The number of allylic oxidation sites excluding steroid dienone is 1. The van der Waals surface area contributed by atoms with E-state index in [4.69, 9.17) is 0 Å². The lowest BCUT2D eigenvalue weighted by Gasteiger charge is -2.20. The van der Waals surface area contributed by atoms with Crippen molar-refractivity contribution in [2.24, 2.45) is 5.41 Å². The third kappa shape index (κ3) is 2.44. The summed E-state index contributed by atoms with van der Waals surface area (Å²) in [6.45, 7) is 11.7. The molecule has 0 heteroatoms. The highest BCUT2D eigenvalue weighted by Gasteiger charge is 2.33. The van der Waals surface area contributed by atoms with Crippen LogP contribution in [0.1, 0.15) is 68.4 Å². The molecular formula is C24H28. The average molecular weight is 316 g/mol. The van der Waals surface area contributed by atoms with E-state index in [2.05, 4.69) is 71.0 Å². The summed E-state index contributed by atoms with van der Waals surface area (Å²) in [5, 5.41) is 0. The van der Waals surface area contributed by atoms with E-state index in [1.165, 1.54) is 35.1 Å². The predicted molar refractivity (Wildman–Crippen MR) is 105 cm³/mol. The molecule has 0 saturated carbocycles. The Morgan fingerprint density at radius 3 is 2.50 bits per heavy atom. The lowest BCUT2D eigenvalue weighted by atomic mass is 9.83. The van der Waals surface area contributed by atoms with Crippen molar-refractivity contribution in [2.75, 3.05) is 0 Å². The zero-order chi connectivity index (χ0) is 17.1. The summed E-state index contributed by atoms with van der Waals surface area (Å²) in [5.74, 6) is 0.553. The fourth-order valence-electron chi connectivity index (χ4n) is 4.73. The number of fused-ring (bicyclic) bond motifs is 2. The van der Waals surface area contributed by atoms with Gasteiger partial charge in [0, 0.05) is 0 Å². The van der Waals surface area contributed by atoms with Gasteiger partial charge >= 0.3 is 0 Å². The highest BCUT2D eigenvalue weighted by Crippen LogP contribution is 2.47. The standard InChI is InChI=1S/C24H28/c1-15(2)19-8-6-7-9-20(19)23-21-11-16(3)10-17(21)12-18-13-24(4,5)14-22(18)23/h6-10,12,15H,11,13-14H2,1-5H3. The first kappa shape index (κ1) is 15.7. The first-order chi connectivity index (χ1) is 11.4. The number of rotatable bonds is 2. The third-order valence-electron chi connectivity index (χ3n) is 5.70. The Balaban J connectivity index is 2.01. The van der Waals surface area contributed by atoms with Crippen LogP contribution >= 0.6 is 0 Å². The van der Waals surface area contributed by atoms with Gasteiger partial charge in [0.1, 0.15) is 0 Å². The van der Waals surface area contributed by atoms with Gasteiger partial charge in [0.2, 0.25) is 0 Å². The highest BCUT2D eigenvalue weighted by atomic mass is 14.4. The second kappa shape index (κ2) is 5.34. The molecule has 0 aromatic heterocycles. The molecule has 2 aromatic carbocycles. The molecule has 0 unspecified atom stereocenters. The van der Waals surface area contributed by atoms with E-state index in [9.17, 15) is 0 Å². The van der Waals surface area contributed by atoms with Crippen LogP contribution in [-0.4, -0.2) is 0 Å². The zero-order valence-corrected chi connectivity index (χ0v) is 15.7. The molecule has 124 valence electrons. The lowest BCUT2D eigenvalue weighted by molar-refractivity contribution is 0.393. The van der Waals surface area contributed by atoms with Gasteiger partial charge in [-0.15, -0.1) is 0 Å². The third-order valence-corrected chi connectivity index (χ3v) is 5.70. The second-order valence-corrected chi connectivity index (χ2v) is 8.88. The summed E-state index contributed by atoms with van der Waals surface area (Å²) in [6.07, 6.45) is 5.93. The van der Waals surface area contributed by atoms with Crippen molar-refractivity contribution in [1.29, 1.82) is 0 Å². The molecule has 0 spiro atoms. The Hall–Kier alpha value is -1.82. The monoisotopic (exact) mass is 316 g/mol. The molecule has 0 fully saturated rings. The molecule has 0 bridgehead atoms. The normalized spacial score (nSPS) is 17.8. The van der Waals surface area contributed by atoms with E-state index < -0.39 is 0 Å². The van der Waals surface area contributed by atoms with Crippen molar-refractivity contribution in [3.05, 3.63) is 63.7 Å². The molecule has 0 heterocycles. The van der Waals surface area contributed by atoms with Crippen molar-refractivity contribution in [3.8, 4) is 11.1 Å². The first-order valence-corrected chi connectivity index (χ1v) is 9.30. The van der Waals surface area contributed by atoms with Crippen LogP contribution < -0.4 is 0 Å². The van der Waals surface area contributed by atoms with Crippen LogP contribution in [0, 0.1) is 5.41 Å². The Labute approximate surface area is 146 Å². The molecule has 0 amide bonds. The molecule has 2 aromatic rings. The van der Waals surface area contributed by atoms with Gasteiger partial charge in [0.25, 0.3) is 0 Å². The Bertz CT molecular complexity index is 847. The minimum absolute atomic E-state index is 0.387. The van der Waals surface area contributed by atoms with Crippen molar-refractivity contribution >= 4 is 6.08 Å². The predicted octanol–water partition coefficient (Wildman–Crippen LogP) is 6.56. The number of hydrogen-bond donors (Lipinski definition) is 0. The minimum atomic E-state index is 0.387. The van der Waals surface area contributed by atoms with Gasteiger partial charge in [-0.25, -0.2) is 0 Å². The minimum Gasteiger partial charge on any atom is -0.0683 e. The summed E-state index contributed by atoms with van der Waals surface area (Å²) in [6, 6.07) is 11.6. The van der Waals surface area contributed by atoms with E-state index in [0.29, 0.717) is 11.3 Å². The van der Waals surface area contributed by atoms with Crippen molar-refractivity contribution < 1.29 is 0 Å².